The van der Waals surface area contributed by atoms with E-state index in [4.69, 9.17) is 5.11 Å². The molecule has 0 bridgehead atoms. The Morgan fingerprint density at radius 2 is 2.00 bits per heavy atom. The molecule has 128 valence electrons. The summed E-state index contributed by atoms with van der Waals surface area (Å²) in [5, 5.41) is 14.9. The largest absolute Gasteiger partial charge is 0.481 e. The van der Waals surface area contributed by atoms with E-state index in [2.05, 4.69) is 27.2 Å². The van der Waals surface area contributed by atoms with Crippen molar-refractivity contribution in [3.63, 3.8) is 0 Å². The molecular weight excluding hydrogens is 336 g/mol. The molecule has 0 aliphatic rings. The highest BCUT2D eigenvalue weighted by molar-refractivity contribution is 7.13. The molecule has 1 aromatic carbocycles. The van der Waals surface area contributed by atoms with E-state index in [1.54, 1.807) is 18.3 Å². The molecule has 0 aliphatic carbocycles. The van der Waals surface area contributed by atoms with Crippen LogP contribution in [0.25, 0.3) is 10.8 Å². The molecule has 0 spiro atoms. The molecule has 6 nitrogen and oxygen atoms in total. The molecule has 0 fully saturated rings. The van der Waals surface area contributed by atoms with Crippen molar-refractivity contribution in [2.45, 2.75) is 26.7 Å². The standard InChI is InChI=1S/C18H18N4O2S/c1-3-14-11(2)20-17(18-19-8-9-25-18)22-16(14)21-13-6-4-12(5-7-13)10-15(23)24/h4-9H,3,10H2,1-2H3,(H,23,24)(H,20,21,22). The summed E-state index contributed by atoms with van der Waals surface area (Å²) in [7, 11) is 0. The lowest BCUT2D eigenvalue weighted by atomic mass is 10.1. The number of rotatable bonds is 6. The van der Waals surface area contributed by atoms with Gasteiger partial charge in [0.05, 0.1) is 6.42 Å². The Morgan fingerprint density at radius 3 is 2.60 bits per heavy atom. The van der Waals surface area contributed by atoms with Gasteiger partial charge in [-0.2, -0.15) is 0 Å². The molecule has 0 aliphatic heterocycles. The minimum absolute atomic E-state index is 0.0152. The predicted molar refractivity (Wildman–Crippen MR) is 98.3 cm³/mol. The zero-order chi connectivity index (χ0) is 17.8. The monoisotopic (exact) mass is 354 g/mol. The molecule has 0 saturated heterocycles. The highest BCUT2D eigenvalue weighted by Crippen LogP contribution is 2.26. The van der Waals surface area contributed by atoms with Gasteiger partial charge in [0.15, 0.2) is 10.8 Å². The van der Waals surface area contributed by atoms with Crippen molar-refractivity contribution in [3.05, 3.63) is 52.7 Å². The first-order valence-corrected chi connectivity index (χ1v) is 8.80. The molecule has 7 heteroatoms. The summed E-state index contributed by atoms with van der Waals surface area (Å²) in [6.07, 6.45) is 2.56. The fraction of sp³-hybridized carbons (Fsp3) is 0.222. The summed E-state index contributed by atoms with van der Waals surface area (Å²) >= 11 is 1.50. The van der Waals surface area contributed by atoms with E-state index in [0.717, 1.165) is 39.8 Å². The average molecular weight is 354 g/mol. The highest BCUT2D eigenvalue weighted by atomic mass is 32.1. The number of benzene rings is 1. The number of carbonyl (C=O) groups is 1. The average Bonchev–Trinajstić information content (AvgIpc) is 3.10. The van der Waals surface area contributed by atoms with Gasteiger partial charge in [0.1, 0.15) is 5.82 Å². The van der Waals surface area contributed by atoms with E-state index < -0.39 is 5.97 Å². The number of hydrogen-bond donors (Lipinski definition) is 2. The molecule has 2 heterocycles. The number of aromatic nitrogens is 3. The maximum atomic E-state index is 10.8. The van der Waals surface area contributed by atoms with Crippen molar-refractivity contribution in [1.29, 1.82) is 0 Å². The third-order valence-corrected chi connectivity index (χ3v) is 4.53. The Kier molecular flexibility index (Phi) is 5.04. The summed E-state index contributed by atoms with van der Waals surface area (Å²) in [6.45, 7) is 4.04. The Balaban J connectivity index is 1.91. The van der Waals surface area contributed by atoms with E-state index in [1.165, 1.54) is 11.3 Å². The Morgan fingerprint density at radius 1 is 1.24 bits per heavy atom. The fourth-order valence-corrected chi connectivity index (χ4v) is 3.14. The number of hydrogen-bond acceptors (Lipinski definition) is 6. The summed E-state index contributed by atoms with van der Waals surface area (Å²) < 4.78 is 0. The lowest BCUT2D eigenvalue weighted by Crippen LogP contribution is -2.05. The smallest absolute Gasteiger partial charge is 0.307 e. The van der Waals surface area contributed by atoms with Crippen molar-refractivity contribution in [2.24, 2.45) is 0 Å². The second kappa shape index (κ2) is 7.40. The van der Waals surface area contributed by atoms with Gasteiger partial charge >= 0.3 is 5.97 Å². The van der Waals surface area contributed by atoms with Gasteiger partial charge in [0, 0.05) is 28.5 Å². The Labute approximate surface area is 149 Å². The van der Waals surface area contributed by atoms with E-state index in [9.17, 15) is 4.79 Å². The van der Waals surface area contributed by atoms with Gasteiger partial charge in [-0.1, -0.05) is 19.1 Å². The molecular formula is C18H18N4O2S. The van der Waals surface area contributed by atoms with Crippen LogP contribution in [-0.4, -0.2) is 26.0 Å². The number of carboxylic acid groups (broad SMARTS) is 1. The van der Waals surface area contributed by atoms with Crippen molar-refractivity contribution in [1.82, 2.24) is 15.0 Å². The van der Waals surface area contributed by atoms with Crippen LogP contribution in [0.4, 0.5) is 11.5 Å². The van der Waals surface area contributed by atoms with Crippen LogP contribution in [0.15, 0.2) is 35.8 Å². The van der Waals surface area contributed by atoms with Crippen molar-refractivity contribution < 1.29 is 9.90 Å². The van der Waals surface area contributed by atoms with Gasteiger partial charge in [-0.05, 0) is 31.0 Å². The molecule has 0 unspecified atom stereocenters. The molecule has 0 atom stereocenters. The van der Waals surface area contributed by atoms with Crippen LogP contribution in [0.3, 0.4) is 0 Å². The fourth-order valence-electron chi connectivity index (χ4n) is 2.57. The van der Waals surface area contributed by atoms with Crippen LogP contribution in [0.5, 0.6) is 0 Å². The van der Waals surface area contributed by atoms with Gasteiger partial charge in [0.2, 0.25) is 0 Å². The second-order valence-electron chi connectivity index (χ2n) is 5.54. The van der Waals surface area contributed by atoms with Gasteiger partial charge in [-0.25, -0.2) is 15.0 Å². The molecule has 0 radical (unpaired) electrons. The first-order chi connectivity index (χ1) is 12.1. The van der Waals surface area contributed by atoms with Crippen molar-refractivity contribution in [2.75, 3.05) is 5.32 Å². The normalized spacial score (nSPS) is 10.6. The zero-order valence-corrected chi connectivity index (χ0v) is 14.8. The summed E-state index contributed by atoms with van der Waals surface area (Å²) in [5.74, 6) is 0.523. The van der Waals surface area contributed by atoms with Crippen LogP contribution < -0.4 is 5.32 Å². The molecule has 3 rings (SSSR count). The van der Waals surface area contributed by atoms with Crippen LogP contribution in [0, 0.1) is 6.92 Å². The number of aryl methyl sites for hydroxylation is 1. The lowest BCUT2D eigenvalue weighted by molar-refractivity contribution is -0.136. The van der Waals surface area contributed by atoms with Crippen molar-refractivity contribution >= 4 is 28.8 Å². The Hall–Kier alpha value is -2.80. The van der Waals surface area contributed by atoms with E-state index in [-0.39, 0.29) is 6.42 Å². The van der Waals surface area contributed by atoms with Crippen LogP contribution in [0.2, 0.25) is 0 Å². The number of anilines is 2. The van der Waals surface area contributed by atoms with E-state index in [1.807, 2.05) is 24.4 Å². The number of carboxylic acids is 1. The number of thiazole rings is 1. The molecule has 25 heavy (non-hydrogen) atoms. The highest BCUT2D eigenvalue weighted by Gasteiger charge is 2.13. The summed E-state index contributed by atoms with van der Waals surface area (Å²) in [5.41, 5.74) is 3.59. The first kappa shape index (κ1) is 17.0. The van der Waals surface area contributed by atoms with Crippen LogP contribution in [-0.2, 0) is 17.6 Å². The molecule has 3 aromatic rings. The van der Waals surface area contributed by atoms with E-state index in [0.29, 0.717) is 5.82 Å². The van der Waals surface area contributed by atoms with Gasteiger partial charge in [-0.3, -0.25) is 4.79 Å². The minimum atomic E-state index is -0.839. The second-order valence-corrected chi connectivity index (χ2v) is 6.44. The number of nitrogens with one attached hydrogen (secondary N) is 1. The predicted octanol–water partition coefficient (Wildman–Crippen LogP) is 3.84. The first-order valence-electron chi connectivity index (χ1n) is 7.92. The number of aliphatic carboxylic acids is 1. The summed E-state index contributed by atoms with van der Waals surface area (Å²) in [4.78, 5) is 24.3. The Bertz CT molecular complexity index is 877. The van der Waals surface area contributed by atoms with Crippen molar-refractivity contribution in [3.8, 4) is 10.8 Å². The molecule has 0 amide bonds. The number of nitrogens with zero attached hydrogens (tertiary/aromatic N) is 3. The third kappa shape index (κ3) is 4.00. The minimum Gasteiger partial charge on any atom is -0.481 e. The molecule has 2 N–H and O–H groups in total. The van der Waals surface area contributed by atoms with E-state index >= 15 is 0 Å². The quantitative estimate of drug-likeness (QED) is 0.699. The summed E-state index contributed by atoms with van der Waals surface area (Å²) in [6, 6.07) is 7.33. The van der Waals surface area contributed by atoms with Gasteiger partial charge < -0.3 is 10.4 Å². The van der Waals surface area contributed by atoms with Crippen LogP contribution >= 0.6 is 11.3 Å². The zero-order valence-electron chi connectivity index (χ0n) is 14.0. The molecule has 0 saturated carbocycles. The SMILES string of the molecule is CCc1c(C)nc(-c2nccs2)nc1Nc1ccc(CC(=O)O)cc1. The maximum Gasteiger partial charge on any atom is 0.307 e. The van der Waals surface area contributed by atoms with Gasteiger partial charge in [0.25, 0.3) is 0 Å². The topological polar surface area (TPSA) is 88.0 Å². The lowest BCUT2D eigenvalue weighted by Gasteiger charge is -2.13. The van der Waals surface area contributed by atoms with Crippen LogP contribution in [0.1, 0.15) is 23.7 Å². The maximum absolute atomic E-state index is 10.8. The third-order valence-electron chi connectivity index (χ3n) is 3.76. The van der Waals surface area contributed by atoms with Gasteiger partial charge in [-0.15, -0.1) is 11.3 Å². The molecule has 2 aromatic heterocycles.